The summed E-state index contributed by atoms with van der Waals surface area (Å²) in [4.78, 5) is 23.5. The van der Waals surface area contributed by atoms with E-state index in [1.54, 1.807) is 24.3 Å². The third kappa shape index (κ3) is 1.39. The first-order chi connectivity index (χ1) is 7.66. The number of nitrogens with one attached hydrogen (secondary N) is 1. The molecule has 3 N–H and O–H groups in total. The highest BCUT2D eigenvalue weighted by molar-refractivity contribution is 6.52. The molecule has 0 fully saturated rings. The van der Waals surface area contributed by atoms with Crippen molar-refractivity contribution >= 4 is 17.3 Å². The number of ketones is 2. The van der Waals surface area contributed by atoms with Gasteiger partial charge < -0.3 is 11.1 Å². The van der Waals surface area contributed by atoms with Crippen LogP contribution >= 0.6 is 0 Å². The lowest BCUT2D eigenvalue weighted by molar-refractivity contribution is -0.112. The van der Waals surface area contributed by atoms with E-state index in [1.807, 2.05) is 6.92 Å². The number of likely N-dealkylation sites (N-methyl/N-ethyl adjacent to an activating group) is 1. The number of benzene rings is 1. The van der Waals surface area contributed by atoms with Crippen molar-refractivity contribution in [3.63, 3.8) is 0 Å². The van der Waals surface area contributed by atoms with E-state index >= 15 is 0 Å². The Kier molecular flexibility index (Phi) is 2.48. The summed E-state index contributed by atoms with van der Waals surface area (Å²) in [6.07, 6.45) is 0. The minimum absolute atomic E-state index is 0.214. The van der Waals surface area contributed by atoms with E-state index in [2.05, 4.69) is 5.32 Å². The van der Waals surface area contributed by atoms with Gasteiger partial charge in [0.2, 0.25) is 5.78 Å². The summed E-state index contributed by atoms with van der Waals surface area (Å²) >= 11 is 0. The van der Waals surface area contributed by atoms with Gasteiger partial charge in [0.05, 0.1) is 5.70 Å². The van der Waals surface area contributed by atoms with Gasteiger partial charge in [-0.25, -0.2) is 0 Å². The third-order valence-electron chi connectivity index (χ3n) is 2.52. The van der Waals surface area contributed by atoms with Crippen LogP contribution in [-0.4, -0.2) is 18.1 Å². The van der Waals surface area contributed by atoms with Crippen molar-refractivity contribution in [2.24, 2.45) is 5.73 Å². The summed E-state index contributed by atoms with van der Waals surface area (Å²) < 4.78 is 0. The first-order valence-corrected chi connectivity index (χ1v) is 5.08. The summed E-state index contributed by atoms with van der Waals surface area (Å²) in [5, 5.41) is 2.84. The predicted octanol–water partition coefficient (Wildman–Crippen LogP) is 0.689. The molecule has 0 atom stereocenters. The monoisotopic (exact) mass is 216 g/mol. The van der Waals surface area contributed by atoms with E-state index in [-0.39, 0.29) is 5.70 Å². The molecule has 0 bridgehead atoms. The largest absolute Gasteiger partial charge is 0.396 e. The second-order valence-electron chi connectivity index (χ2n) is 3.52. The van der Waals surface area contributed by atoms with Crippen molar-refractivity contribution < 1.29 is 9.59 Å². The van der Waals surface area contributed by atoms with Crippen LogP contribution in [0.3, 0.4) is 0 Å². The number of Topliss-reactive ketones (excluding diaryl/α,β-unsaturated/α-hetero) is 2. The molecule has 0 radical (unpaired) electrons. The van der Waals surface area contributed by atoms with Crippen molar-refractivity contribution in [3.05, 3.63) is 41.1 Å². The van der Waals surface area contributed by atoms with Gasteiger partial charge in [-0.1, -0.05) is 24.3 Å². The quantitative estimate of drug-likeness (QED) is 0.713. The van der Waals surface area contributed by atoms with Gasteiger partial charge in [-0.05, 0) is 6.92 Å². The highest BCUT2D eigenvalue weighted by Crippen LogP contribution is 2.24. The van der Waals surface area contributed by atoms with Gasteiger partial charge in [-0.15, -0.1) is 0 Å². The molecule has 2 rings (SSSR count). The highest BCUT2D eigenvalue weighted by atomic mass is 16.2. The van der Waals surface area contributed by atoms with Gasteiger partial charge in [0.25, 0.3) is 5.78 Å². The van der Waals surface area contributed by atoms with Gasteiger partial charge in [-0.2, -0.15) is 0 Å². The van der Waals surface area contributed by atoms with Crippen molar-refractivity contribution in [1.82, 2.24) is 5.32 Å². The van der Waals surface area contributed by atoms with E-state index in [4.69, 9.17) is 5.73 Å². The summed E-state index contributed by atoms with van der Waals surface area (Å²) in [6.45, 7) is 2.40. The Morgan fingerprint density at radius 2 is 1.75 bits per heavy atom. The van der Waals surface area contributed by atoms with E-state index in [0.717, 1.165) is 0 Å². The van der Waals surface area contributed by atoms with Crippen LogP contribution in [0.4, 0.5) is 0 Å². The lowest BCUT2D eigenvalue weighted by Crippen LogP contribution is -2.33. The maximum atomic E-state index is 11.8. The number of nitrogens with two attached hydrogens (primary N) is 1. The topological polar surface area (TPSA) is 72.2 Å². The van der Waals surface area contributed by atoms with E-state index in [0.29, 0.717) is 23.4 Å². The number of allylic oxidation sites excluding steroid dienone is 1. The molecular weight excluding hydrogens is 204 g/mol. The van der Waals surface area contributed by atoms with E-state index in [1.165, 1.54) is 0 Å². The lowest BCUT2D eigenvalue weighted by Gasteiger charge is -2.19. The molecule has 1 aliphatic rings. The molecule has 1 aromatic carbocycles. The smallest absolute Gasteiger partial charge is 0.251 e. The standard InChI is InChI=1S/C12H12N2O2/c1-2-14-10-9(13)7-5-3-4-6-8(7)11(15)12(10)16/h3-6,14H,2,13H2,1H3. The molecular formula is C12H12N2O2. The second-order valence-corrected chi connectivity index (χ2v) is 3.52. The summed E-state index contributed by atoms with van der Waals surface area (Å²) in [6, 6.07) is 6.87. The van der Waals surface area contributed by atoms with Gasteiger partial charge in [-0.3, -0.25) is 9.59 Å². The Morgan fingerprint density at radius 3 is 2.38 bits per heavy atom. The molecule has 16 heavy (non-hydrogen) atoms. The van der Waals surface area contributed by atoms with Gasteiger partial charge >= 0.3 is 0 Å². The number of fused-ring (bicyclic) bond motifs is 1. The second kappa shape index (κ2) is 3.81. The molecule has 0 saturated heterocycles. The molecule has 0 heterocycles. The maximum absolute atomic E-state index is 11.8. The van der Waals surface area contributed by atoms with Crippen LogP contribution in [0.25, 0.3) is 5.70 Å². The van der Waals surface area contributed by atoms with E-state index < -0.39 is 11.6 Å². The van der Waals surface area contributed by atoms with Crippen LogP contribution in [0.2, 0.25) is 0 Å². The zero-order chi connectivity index (χ0) is 11.7. The summed E-state index contributed by atoms with van der Waals surface area (Å²) in [7, 11) is 0. The molecule has 1 aromatic rings. The third-order valence-corrected chi connectivity index (χ3v) is 2.52. The molecule has 4 nitrogen and oxygen atoms in total. The Hall–Kier alpha value is -2.10. The zero-order valence-electron chi connectivity index (χ0n) is 8.91. The van der Waals surface area contributed by atoms with Crippen molar-refractivity contribution in [3.8, 4) is 0 Å². The van der Waals surface area contributed by atoms with Gasteiger partial charge in [0.1, 0.15) is 5.70 Å². The maximum Gasteiger partial charge on any atom is 0.251 e. The van der Waals surface area contributed by atoms with Crippen LogP contribution in [0, 0.1) is 0 Å². The van der Waals surface area contributed by atoms with Crippen LogP contribution in [0.1, 0.15) is 22.8 Å². The molecule has 1 aliphatic carbocycles. The van der Waals surface area contributed by atoms with Crippen molar-refractivity contribution in [2.45, 2.75) is 6.92 Å². The van der Waals surface area contributed by atoms with Gasteiger partial charge in [0.15, 0.2) is 0 Å². The van der Waals surface area contributed by atoms with Crippen molar-refractivity contribution in [1.29, 1.82) is 0 Å². The SMILES string of the molecule is CCNC1=C(N)c2ccccc2C(=O)C1=O. The number of carbonyl (C=O) groups is 2. The zero-order valence-corrected chi connectivity index (χ0v) is 8.91. The fourth-order valence-electron chi connectivity index (χ4n) is 1.76. The normalized spacial score (nSPS) is 15.1. The molecule has 0 unspecified atom stereocenters. The molecule has 0 spiro atoms. The Labute approximate surface area is 93.1 Å². The van der Waals surface area contributed by atoms with Crippen LogP contribution in [0.5, 0.6) is 0 Å². The molecule has 82 valence electrons. The first kappa shape index (κ1) is 10.4. The Balaban J connectivity index is 2.64. The molecule has 0 aliphatic heterocycles. The fraction of sp³-hybridized carbons (Fsp3) is 0.167. The summed E-state index contributed by atoms with van der Waals surface area (Å²) in [5.41, 5.74) is 7.45. The van der Waals surface area contributed by atoms with Crippen molar-refractivity contribution in [2.75, 3.05) is 6.54 Å². The fourth-order valence-corrected chi connectivity index (χ4v) is 1.76. The van der Waals surface area contributed by atoms with Crippen LogP contribution in [0.15, 0.2) is 30.0 Å². The highest BCUT2D eigenvalue weighted by Gasteiger charge is 2.30. The number of rotatable bonds is 2. The Bertz CT molecular complexity index is 503. The minimum atomic E-state index is -0.557. The first-order valence-electron chi connectivity index (χ1n) is 5.08. The number of hydrogen-bond donors (Lipinski definition) is 2. The van der Waals surface area contributed by atoms with Crippen LogP contribution < -0.4 is 11.1 Å². The lowest BCUT2D eigenvalue weighted by atomic mass is 9.91. The molecule has 0 saturated carbocycles. The van der Waals surface area contributed by atoms with Gasteiger partial charge in [0, 0.05) is 17.7 Å². The molecule has 0 amide bonds. The number of carbonyl (C=O) groups excluding carboxylic acids is 2. The van der Waals surface area contributed by atoms with E-state index in [9.17, 15) is 9.59 Å². The average molecular weight is 216 g/mol. The minimum Gasteiger partial charge on any atom is -0.396 e. The molecule has 0 aromatic heterocycles. The number of hydrogen-bond acceptors (Lipinski definition) is 4. The van der Waals surface area contributed by atoms with Crippen LogP contribution in [-0.2, 0) is 4.79 Å². The average Bonchev–Trinajstić information content (AvgIpc) is 2.32. The Morgan fingerprint density at radius 1 is 1.12 bits per heavy atom. The molecule has 4 heteroatoms. The predicted molar refractivity (Wildman–Crippen MR) is 60.6 cm³/mol. The summed E-state index contributed by atoms with van der Waals surface area (Å²) in [5.74, 6) is -1.06.